The maximum Gasteiger partial charge on any atom is 0.220 e. The predicted octanol–water partition coefficient (Wildman–Crippen LogP) is 3.09. The van der Waals surface area contributed by atoms with Crippen molar-refractivity contribution >= 4 is 23.0 Å². The van der Waals surface area contributed by atoms with E-state index in [1.54, 1.807) is 0 Å². The van der Waals surface area contributed by atoms with Gasteiger partial charge in [-0.1, -0.05) is 12.5 Å². The van der Waals surface area contributed by atoms with Gasteiger partial charge in [0.2, 0.25) is 5.91 Å². The van der Waals surface area contributed by atoms with Crippen LogP contribution in [0.5, 0.6) is 0 Å². The first-order valence-electron chi connectivity index (χ1n) is 8.24. The molecule has 1 unspecified atom stereocenters. The van der Waals surface area contributed by atoms with Crippen LogP contribution in [-0.4, -0.2) is 42.3 Å². The lowest BCUT2D eigenvalue weighted by molar-refractivity contribution is -0.121. The molecule has 2 heterocycles. The van der Waals surface area contributed by atoms with E-state index in [2.05, 4.69) is 17.1 Å². The summed E-state index contributed by atoms with van der Waals surface area (Å²) < 4.78 is 0. The van der Waals surface area contributed by atoms with Crippen LogP contribution in [-0.2, 0) is 4.79 Å². The van der Waals surface area contributed by atoms with Gasteiger partial charge < -0.3 is 5.32 Å². The molecule has 0 spiro atoms. The molecule has 122 valence electrons. The number of piperidine rings is 1. The second kappa shape index (κ2) is 9.06. The van der Waals surface area contributed by atoms with Crippen molar-refractivity contribution in [3.63, 3.8) is 0 Å². The molecule has 1 amide bonds. The van der Waals surface area contributed by atoms with E-state index >= 15 is 0 Å². The monoisotopic (exact) mass is 322 g/mol. The third kappa shape index (κ3) is 5.54. The van der Waals surface area contributed by atoms with Gasteiger partial charge in [-0.2, -0.15) is 0 Å². The zero-order valence-corrected chi connectivity index (χ0v) is 14.2. The van der Waals surface area contributed by atoms with Crippen molar-refractivity contribution in [1.82, 2.24) is 10.2 Å². The highest BCUT2D eigenvalue weighted by Gasteiger charge is 2.17. The summed E-state index contributed by atoms with van der Waals surface area (Å²) in [4.78, 5) is 26.9. The van der Waals surface area contributed by atoms with Gasteiger partial charge in [0, 0.05) is 25.4 Å². The van der Waals surface area contributed by atoms with Crippen molar-refractivity contribution in [3.8, 4) is 0 Å². The van der Waals surface area contributed by atoms with Crippen LogP contribution in [0.2, 0.25) is 0 Å². The van der Waals surface area contributed by atoms with Gasteiger partial charge in [-0.3, -0.25) is 14.5 Å². The first-order valence-corrected chi connectivity index (χ1v) is 9.12. The maximum absolute atomic E-state index is 11.9. The lowest BCUT2D eigenvalue weighted by Gasteiger charge is -2.32. The summed E-state index contributed by atoms with van der Waals surface area (Å²) in [6.45, 7) is 5.17. The Morgan fingerprint density at radius 2 is 2.05 bits per heavy atom. The number of carbonyl (C=O) groups excluding carboxylic acids is 2. The highest BCUT2D eigenvalue weighted by molar-refractivity contribution is 7.12. The fourth-order valence-corrected chi connectivity index (χ4v) is 3.50. The maximum atomic E-state index is 11.9. The highest BCUT2D eigenvalue weighted by Crippen LogP contribution is 2.13. The zero-order chi connectivity index (χ0) is 15.8. The molecule has 1 N–H and O–H groups in total. The second-order valence-corrected chi connectivity index (χ2v) is 6.95. The minimum Gasteiger partial charge on any atom is -0.355 e. The summed E-state index contributed by atoms with van der Waals surface area (Å²) >= 11 is 1.46. The van der Waals surface area contributed by atoms with Gasteiger partial charge in [0.05, 0.1) is 4.88 Å². The summed E-state index contributed by atoms with van der Waals surface area (Å²) in [5.41, 5.74) is 0. The van der Waals surface area contributed by atoms with E-state index in [4.69, 9.17) is 0 Å². The Balaban J connectivity index is 1.58. The first kappa shape index (κ1) is 17.2. The number of thiophene rings is 1. The number of nitrogens with zero attached hydrogens (tertiary/aromatic N) is 1. The fourth-order valence-electron chi connectivity index (χ4n) is 2.81. The number of nitrogens with one attached hydrogen (secondary N) is 1. The van der Waals surface area contributed by atoms with Gasteiger partial charge >= 0.3 is 0 Å². The molecule has 1 saturated heterocycles. The molecule has 2 rings (SSSR count). The second-order valence-electron chi connectivity index (χ2n) is 6.00. The molecule has 0 aliphatic carbocycles. The smallest absolute Gasteiger partial charge is 0.220 e. The Hall–Kier alpha value is -1.20. The molecule has 0 saturated carbocycles. The third-order valence-electron chi connectivity index (χ3n) is 4.21. The molecule has 0 bridgehead atoms. The summed E-state index contributed by atoms with van der Waals surface area (Å²) in [7, 11) is 0. The normalized spacial score (nSPS) is 17.1. The van der Waals surface area contributed by atoms with Crippen molar-refractivity contribution in [2.75, 3.05) is 19.6 Å². The van der Waals surface area contributed by atoms with Crippen molar-refractivity contribution in [3.05, 3.63) is 22.4 Å². The number of ketones is 1. The number of likely N-dealkylation sites (tertiary alicyclic amines) is 1. The lowest BCUT2D eigenvalue weighted by atomic mass is 10.1. The van der Waals surface area contributed by atoms with Crippen molar-refractivity contribution in [1.29, 1.82) is 0 Å². The highest BCUT2D eigenvalue weighted by atomic mass is 32.1. The lowest BCUT2D eigenvalue weighted by Crippen LogP contribution is -2.44. The van der Waals surface area contributed by atoms with E-state index < -0.39 is 0 Å². The number of hydrogen-bond acceptors (Lipinski definition) is 4. The molecule has 0 radical (unpaired) electrons. The van der Waals surface area contributed by atoms with E-state index in [1.807, 2.05) is 17.5 Å². The van der Waals surface area contributed by atoms with E-state index in [0.29, 0.717) is 31.8 Å². The number of hydrogen-bond donors (Lipinski definition) is 1. The number of rotatable bonds is 8. The minimum absolute atomic E-state index is 0.0582. The van der Waals surface area contributed by atoms with Gasteiger partial charge in [0.25, 0.3) is 0 Å². The van der Waals surface area contributed by atoms with Gasteiger partial charge in [0.15, 0.2) is 5.78 Å². The SMILES string of the molecule is CC(CNC(=O)CCCC(=O)c1cccs1)N1CCCCC1. The van der Waals surface area contributed by atoms with Crippen molar-refractivity contribution in [2.45, 2.75) is 51.5 Å². The topological polar surface area (TPSA) is 49.4 Å². The summed E-state index contributed by atoms with van der Waals surface area (Å²) in [5.74, 6) is 0.201. The van der Waals surface area contributed by atoms with Gasteiger partial charge in [-0.15, -0.1) is 11.3 Å². The van der Waals surface area contributed by atoms with Crippen LogP contribution < -0.4 is 5.32 Å². The molecule has 1 aromatic rings. The quantitative estimate of drug-likeness (QED) is 0.748. The van der Waals surface area contributed by atoms with Crippen LogP contribution in [0.1, 0.15) is 55.1 Å². The number of carbonyl (C=O) groups is 2. The Morgan fingerprint density at radius 3 is 2.73 bits per heavy atom. The Labute approximate surface area is 136 Å². The molecule has 5 heteroatoms. The molecule has 1 atom stereocenters. The van der Waals surface area contributed by atoms with E-state index in [-0.39, 0.29) is 11.7 Å². The Morgan fingerprint density at radius 1 is 1.27 bits per heavy atom. The largest absolute Gasteiger partial charge is 0.355 e. The van der Waals surface area contributed by atoms with Crippen LogP contribution in [0.15, 0.2) is 17.5 Å². The molecule has 22 heavy (non-hydrogen) atoms. The molecule has 1 aliphatic rings. The van der Waals surface area contributed by atoms with E-state index in [9.17, 15) is 9.59 Å². The third-order valence-corrected chi connectivity index (χ3v) is 5.12. The molecule has 1 aromatic heterocycles. The first-order chi connectivity index (χ1) is 10.7. The van der Waals surface area contributed by atoms with E-state index in [1.165, 1.54) is 30.6 Å². The average molecular weight is 322 g/mol. The fraction of sp³-hybridized carbons (Fsp3) is 0.647. The molecule has 1 aliphatic heterocycles. The predicted molar refractivity (Wildman–Crippen MR) is 90.4 cm³/mol. The van der Waals surface area contributed by atoms with Gasteiger partial charge in [0.1, 0.15) is 0 Å². The number of Topliss-reactive ketones (excluding diaryl/α,β-unsaturated/α-hetero) is 1. The minimum atomic E-state index is 0.0582. The molecular weight excluding hydrogens is 296 g/mol. The Kier molecular flexibility index (Phi) is 7.06. The standard InChI is InChI=1S/C17H26N2O2S/c1-14(19-10-3-2-4-11-19)13-18-17(21)9-5-7-15(20)16-8-6-12-22-16/h6,8,12,14H,2-5,7,9-11,13H2,1H3,(H,18,21). The van der Waals surface area contributed by atoms with E-state index in [0.717, 1.165) is 18.0 Å². The van der Waals surface area contributed by atoms with Crippen LogP contribution in [0, 0.1) is 0 Å². The van der Waals surface area contributed by atoms with Crippen LogP contribution in [0.25, 0.3) is 0 Å². The number of amides is 1. The zero-order valence-electron chi connectivity index (χ0n) is 13.3. The molecule has 4 nitrogen and oxygen atoms in total. The summed E-state index contributed by atoms with van der Waals surface area (Å²) in [5, 5.41) is 4.90. The Bertz CT molecular complexity index is 467. The van der Waals surface area contributed by atoms with Crippen molar-refractivity contribution in [2.24, 2.45) is 0 Å². The molecule has 1 fully saturated rings. The molecule has 0 aromatic carbocycles. The average Bonchev–Trinajstić information content (AvgIpc) is 3.08. The summed E-state index contributed by atoms with van der Waals surface area (Å²) in [6, 6.07) is 4.12. The van der Waals surface area contributed by atoms with Crippen LogP contribution in [0.4, 0.5) is 0 Å². The van der Waals surface area contributed by atoms with Crippen molar-refractivity contribution < 1.29 is 9.59 Å². The van der Waals surface area contributed by atoms with Gasteiger partial charge in [-0.05, 0) is 50.7 Å². The van der Waals surface area contributed by atoms with Crippen LogP contribution >= 0.6 is 11.3 Å². The summed E-state index contributed by atoms with van der Waals surface area (Å²) in [6.07, 6.45) is 5.38. The van der Waals surface area contributed by atoms with Gasteiger partial charge in [-0.25, -0.2) is 0 Å². The molecular formula is C17H26N2O2S. The van der Waals surface area contributed by atoms with Crippen LogP contribution in [0.3, 0.4) is 0 Å².